The quantitative estimate of drug-likeness (QED) is 0.869. The first kappa shape index (κ1) is 12.9. The maximum atomic E-state index is 8.81. The Labute approximate surface area is 108 Å². The van der Waals surface area contributed by atoms with E-state index in [0.29, 0.717) is 6.61 Å². The van der Waals surface area contributed by atoms with E-state index in [1.165, 1.54) is 31.5 Å². The fourth-order valence-electron chi connectivity index (χ4n) is 2.30. The number of hydrogen-bond donors (Lipinski definition) is 1. The molecular weight excluding hydrogens is 230 g/mol. The number of aliphatic hydroxyl groups is 1. The van der Waals surface area contributed by atoms with Crippen LogP contribution in [0.25, 0.3) is 0 Å². The number of benzene rings is 1. The predicted octanol–water partition coefficient (Wildman–Crippen LogP) is 2.38. The van der Waals surface area contributed by atoms with E-state index >= 15 is 0 Å². The zero-order chi connectivity index (χ0) is 11.9. The van der Waals surface area contributed by atoms with E-state index in [0.717, 1.165) is 17.5 Å². The largest absolute Gasteiger partial charge is 0.396 e. The van der Waals surface area contributed by atoms with E-state index in [9.17, 15) is 0 Å². The molecule has 0 bridgehead atoms. The van der Waals surface area contributed by atoms with Crippen LogP contribution in [0.5, 0.6) is 0 Å². The summed E-state index contributed by atoms with van der Waals surface area (Å²) < 4.78 is 0. The van der Waals surface area contributed by atoms with Gasteiger partial charge in [0.15, 0.2) is 0 Å². The highest BCUT2D eigenvalue weighted by Crippen LogP contribution is 2.23. The van der Waals surface area contributed by atoms with Gasteiger partial charge in [0, 0.05) is 17.5 Å². The van der Waals surface area contributed by atoms with E-state index in [4.69, 9.17) is 5.11 Å². The Morgan fingerprint density at radius 3 is 2.53 bits per heavy atom. The average Bonchev–Trinajstić information content (AvgIpc) is 2.39. The van der Waals surface area contributed by atoms with Gasteiger partial charge in [-0.3, -0.25) is 4.90 Å². The monoisotopic (exact) mass is 251 g/mol. The van der Waals surface area contributed by atoms with Gasteiger partial charge in [-0.05, 0) is 31.5 Å². The second-order valence-electron chi connectivity index (χ2n) is 4.56. The molecule has 2 rings (SSSR count). The molecule has 3 heteroatoms. The van der Waals surface area contributed by atoms with Gasteiger partial charge in [0.25, 0.3) is 0 Å². The van der Waals surface area contributed by atoms with E-state index < -0.39 is 0 Å². The van der Waals surface area contributed by atoms with Crippen LogP contribution in [0.15, 0.2) is 30.3 Å². The first-order valence-corrected chi connectivity index (χ1v) is 7.42. The second-order valence-corrected chi connectivity index (χ2v) is 5.96. The van der Waals surface area contributed by atoms with Crippen molar-refractivity contribution in [2.24, 2.45) is 0 Å². The lowest BCUT2D eigenvalue weighted by atomic mass is 10.1. The number of piperidine rings is 1. The first-order valence-electron chi connectivity index (χ1n) is 6.37. The van der Waals surface area contributed by atoms with Gasteiger partial charge >= 0.3 is 0 Å². The van der Waals surface area contributed by atoms with Gasteiger partial charge < -0.3 is 5.11 Å². The molecule has 0 aliphatic carbocycles. The van der Waals surface area contributed by atoms with Crippen LogP contribution in [-0.4, -0.2) is 40.7 Å². The lowest BCUT2D eigenvalue weighted by molar-refractivity contribution is 0.224. The van der Waals surface area contributed by atoms with Gasteiger partial charge in [-0.2, -0.15) is 11.8 Å². The fourth-order valence-corrected chi connectivity index (χ4v) is 3.28. The Balaban J connectivity index is 1.72. The minimum Gasteiger partial charge on any atom is -0.396 e. The van der Waals surface area contributed by atoms with Crippen LogP contribution in [0.1, 0.15) is 18.4 Å². The third kappa shape index (κ3) is 4.34. The third-order valence-electron chi connectivity index (χ3n) is 3.23. The van der Waals surface area contributed by atoms with Gasteiger partial charge in [0.1, 0.15) is 0 Å². The highest BCUT2D eigenvalue weighted by Gasteiger charge is 2.18. The summed E-state index contributed by atoms with van der Waals surface area (Å²) in [6.07, 6.45) is 2.52. The molecule has 17 heavy (non-hydrogen) atoms. The van der Waals surface area contributed by atoms with Crippen LogP contribution >= 0.6 is 11.8 Å². The molecule has 0 saturated carbocycles. The van der Waals surface area contributed by atoms with Crippen LogP contribution in [0.2, 0.25) is 0 Å². The molecular formula is C14H21NOS. The Morgan fingerprint density at radius 2 is 1.88 bits per heavy atom. The molecule has 0 aromatic heterocycles. The molecule has 1 heterocycles. The molecule has 1 aromatic carbocycles. The first-order chi connectivity index (χ1) is 8.38. The van der Waals surface area contributed by atoms with Crippen molar-refractivity contribution < 1.29 is 5.11 Å². The summed E-state index contributed by atoms with van der Waals surface area (Å²) >= 11 is 1.93. The topological polar surface area (TPSA) is 23.5 Å². The summed E-state index contributed by atoms with van der Waals surface area (Å²) in [5.41, 5.74) is 1.41. The van der Waals surface area contributed by atoms with E-state index in [1.54, 1.807) is 0 Å². The summed E-state index contributed by atoms with van der Waals surface area (Å²) in [7, 11) is 0. The SMILES string of the molecule is OCCSC1CCN(Cc2ccccc2)CC1. The fraction of sp³-hybridized carbons (Fsp3) is 0.571. The highest BCUT2D eigenvalue weighted by molar-refractivity contribution is 7.99. The molecule has 1 saturated heterocycles. The van der Waals surface area contributed by atoms with Crippen molar-refractivity contribution >= 4 is 11.8 Å². The maximum Gasteiger partial charge on any atom is 0.0521 e. The summed E-state index contributed by atoms with van der Waals surface area (Å²) in [6, 6.07) is 10.7. The Kier molecular flexibility index (Phi) is 5.36. The van der Waals surface area contributed by atoms with Crippen LogP contribution < -0.4 is 0 Å². The third-order valence-corrected chi connectivity index (χ3v) is 4.59. The van der Waals surface area contributed by atoms with Crippen molar-refractivity contribution in [3.8, 4) is 0 Å². The molecule has 1 aromatic rings. The van der Waals surface area contributed by atoms with E-state index in [1.807, 2.05) is 11.8 Å². The molecule has 0 atom stereocenters. The van der Waals surface area contributed by atoms with Crippen molar-refractivity contribution in [3.63, 3.8) is 0 Å². The Morgan fingerprint density at radius 1 is 1.18 bits per heavy atom. The van der Waals surface area contributed by atoms with Crippen LogP contribution in [0.4, 0.5) is 0 Å². The smallest absolute Gasteiger partial charge is 0.0521 e. The highest BCUT2D eigenvalue weighted by atomic mass is 32.2. The number of likely N-dealkylation sites (tertiary alicyclic amines) is 1. The number of hydrogen-bond acceptors (Lipinski definition) is 3. The molecule has 1 fully saturated rings. The zero-order valence-electron chi connectivity index (χ0n) is 10.2. The molecule has 1 N–H and O–H groups in total. The van der Waals surface area contributed by atoms with Gasteiger partial charge in [-0.1, -0.05) is 30.3 Å². The molecule has 1 aliphatic rings. The minimum absolute atomic E-state index is 0.314. The summed E-state index contributed by atoms with van der Waals surface area (Å²) in [5.74, 6) is 0.892. The molecule has 0 amide bonds. The van der Waals surface area contributed by atoms with Crippen molar-refractivity contribution in [1.29, 1.82) is 0 Å². The van der Waals surface area contributed by atoms with Crippen LogP contribution in [0.3, 0.4) is 0 Å². The molecule has 94 valence electrons. The number of aliphatic hydroxyl groups excluding tert-OH is 1. The van der Waals surface area contributed by atoms with Crippen molar-refractivity contribution in [3.05, 3.63) is 35.9 Å². The number of rotatable bonds is 5. The van der Waals surface area contributed by atoms with Crippen molar-refractivity contribution in [2.75, 3.05) is 25.4 Å². The second kappa shape index (κ2) is 7.04. The van der Waals surface area contributed by atoms with Gasteiger partial charge in [-0.15, -0.1) is 0 Å². The minimum atomic E-state index is 0.314. The normalized spacial score (nSPS) is 18.4. The zero-order valence-corrected chi connectivity index (χ0v) is 11.0. The van der Waals surface area contributed by atoms with E-state index in [-0.39, 0.29) is 0 Å². The molecule has 0 unspecified atom stereocenters. The number of nitrogens with zero attached hydrogens (tertiary/aromatic N) is 1. The average molecular weight is 251 g/mol. The lowest BCUT2D eigenvalue weighted by Gasteiger charge is -2.31. The molecule has 1 aliphatic heterocycles. The van der Waals surface area contributed by atoms with Gasteiger partial charge in [0.2, 0.25) is 0 Å². The lowest BCUT2D eigenvalue weighted by Crippen LogP contribution is -2.34. The van der Waals surface area contributed by atoms with Gasteiger partial charge in [0.05, 0.1) is 6.61 Å². The van der Waals surface area contributed by atoms with Crippen LogP contribution in [0, 0.1) is 0 Å². The van der Waals surface area contributed by atoms with Gasteiger partial charge in [-0.25, -0.2) is 0 Å². The molecule has 0 spiro atoms. The standard InChI is InChI=1S/C14H21NOS/c16-10-11-17-14-6-8-15(9-7-14)12-13-4-2-1-3-5-13/h1-5,14,16H,6-12H2. The molecule has 2 nitrogen and oxygen atoms in total. The van der Waals surface area contributed by atoms with Crippen molar-refractivity contribution in [1.82, 2.24) is 4.90 Å². The molecule has 0 radical (unpaired) electrons. The Hall–Kier alpha value is -0.510. The van der Waals surface area contributed by atoms with Crippen LogP contribution in [-0.2, 0) is 6.54 Å². The van der Waals surface area contributed by atoms with E-state index in [2.05, 4.69) is 35.2 Å². The van der Waals surface area contributed by atoms with Crippen molar-refractivity contribution in [2.45, 2.75) is 24.6 Å². The maximum absolute atomic E-state index is 8.81. The summed E-state index contributed by atoms with van der Waals surface area (Å²) in [6.45, 7) is 3.78. The summed E-state index contributed by atoms with van der Waals surface area (Å²) in [4.78, 5) is 2.53. The Bertz CT molecular complexity index is 309. The summed E-state index contributed by atoms with van der Waals surface area (Å²) in [5, 5.41) is 9.57. The number of thioether (sulfide) groups is 1. The predicted molar refractivity (Wildman–Crippen MR) is 74.3 cm³/mol.